The van der Waals surface area contributed by atoms with Gasteiger partial charge >= 0.3 is 0 Å². The summed E-state index contributed by atoms with van der Waals surface area (Å²) >= 11 is 0. The van der Waals surface area contributed by atoms with Crippen molar-refractivity contribution in [2.24, 2.45) is 7.05 Å². The van der Waals surface area contributed by atoms with E-state index in [1.807, 2.05) is 0 Å². The Kier molecular flexibility index (Phi) is 4.48. The third-order valence-electron chi connectivity index (χ3n) is 6.45. The van der Waals surface area contributed by atoms with Gasteiger partial charge in [-0.05, 0) is 61.9 Å². The number of benzene rings is 1. The van der Waals surface area contributed by atoms with Crippen molar-refractivity contribution in [2.45, 2.75) is 57.5 Å². The minimum atomic E-state index is 0.580. The molecule has 0 amide bonds. The third kappa shape index (κ3) is 3.29. The summed E-state index contributed by atoms with van der Waals surface area (Å²) in [6.45, 7) is 4.47. The van der Waals surface area contributed by atoms with Crippen molar-refractivity contribution in [2.75, 3.05) is 13.1 Å². The minimum Gasteiger partial charge on any atom is -0.351 e. The summed E-state index contributed by atoms with van der Waals surface area (Å²) in [4.78, 5) is 2.60. The predicted molar refractivity (Wildman–Crippen MR) is 108 cm³/mol. The summed E-state index contributed by atoms with van der Waals surface area (Å²) in [6, 6.07) is 9.07. The van der Waals surface area contributed by atoms with E-state index in [4.69, 9.17) is 0 Å². The standard InChI is InChI=1S/C22H29N5/c1-25-12-8-18-7-6-17(15-20(18)25)16-26-13-9-19(10-14-26)22-24-23-21-5-3-2-4-11-27(21)22/h6-8,12,15,19H,2-5,9-11,13-14,16H2,1H3. The molecule has 4 heterocycles. The molecular weight excluding hydrogens is 334 g/mol. The van der Waals surface area contributed by atoms with E-state index < -0.39 is 0 Å². The second kappa shape index (κ2) is 7.12. The smallest absolute Gasteiger partial charge is 0.136 e. The van der Waals surface area contributed by atoms with Gasteiger partial charge in [-0.25, -0.2) is 0 Å². The molecule has 0 spiro atoms. The monoisotopic (exact) mass is 363 g/mol. The zero-order valence-electron chi connectivity index (χ0n) is 16.3. The number of hydrogen-bond donors (Lipinski definition) is 0. The van der Waals surface area contributed by atoms with E-state index in [0.717, 1.165) is 32.6 Å². The van der Waals surface area contributed by atoms with Crippen LogP contribution in [0.4, 0.5) is 0 Å². The van der Waals surface area contributed by atoms with Gasteiger partial charge in [-0.15, -0.1) is 10.2 Å². The van der Waals surface area contributed by atoms with Crippen molar-refractivity contribution in [1.29, 1.82) is 0 Å². The maximum atomic E-state index is 4.60. The zero-order valence-corrected chi connectivity index (χ0v) is 16.3. The van der Waals surface area contributed by atoms with Crippen molar-refractivity contribution in [3.8, 4) is 0 Å². The highest BCUT2D eigenvalue weighted by atomic mass is 15.3. The molecular formula is C22H29N5. The molecule has 2 aliphatic heterocycles. The molecule has 5 heteroatoms. The molecule has 0 unspecified atom stereocenters. The molecule has 27 heavy (non-hydrogen) atoms. The quantitative estimate of drug-likeness (QED) is 0.709. The van der Waals surface area contributed by atoms with Crippen LogP contribution in [0.5, 0.6) is 0 Å². The van der Waals surface area contributed by atoms with E-state index in [1.165, 1.54) is 60.2 Å². The van der Waals surface area contributed by atoms with E-state index >= 15 is 0 Å². The number of rotatable bonds is 3. The van der Waals surface area contributed by atoms with E-state index in [-0.39, 0.29) is 0 Å². The molecule has 5 nitrogen and oxygen atoms in total. The number of nitrogens with zero attached hydrogens (tertiary/aromatic N) is 5. The summed E-state index contributed by atoms with van der Waals surface area (Å²) in [7, 11) is 2.12. The molecule has 5 rings (SSSR count). The Morgan fingerprint density at radius 3 is 2.78 bits per heavy atom. The highest BCUT2D eigenvalue weighted by molar-refractivity contribution is 5.80. The zero-order chi connectivity index (χ0) is 18.2. The van der Waals surface area contributed by atoms with Crippen LogP contribution in [0.3, 0.4) is 0 Å². The van der Waals surface area contributed by atoms with Gasteiger partial charge in [0.15, 0.2) is 0 Å². The van der Waals surface area contributed by atoms with Gasteiger partial charge in [-0.1, -0.05) is 18.6 Å². The van der Waals surface area contributed by atoms with Crippen LogP contribution >= 0.6 is 0 Å². The summed E-state index contributed by atoms with van der Waals surface area (Å²) < 4.78 is 4.65. The van der Waals surface area contributed by atoms with Gasteiger partial charge in [-0.2, -0.15) is 0 Å². The van der Waals surface area contributed by atoms with E-state index in [0.29, 0.717) is 5.92 Å². The number of likely N-dealkylation sites (tertiary alicyclic amines) is 1. The Balaban J connectivity index is 1.25. The van der Waals surface area contributed by atoms with Crippen molar-refractivity contribution < 1.29 is 0 Å². The Labute approximate surface area is 161 Å². The van der Waals surface area contributed by atoms with Crippen LogP contribution in [0.25, 0.3) is 10.9 Å². The molecule has 1 saturated heterocycles. The maximum Gasteiger partial charge on any atom is 0.136 e. The van der Waals surface area contributed by atoms with Crippen LogP contribution in [0, 0.1) is 0 Å². The molecule has 2 aromatic heterocycles. The second-order valence-electron chi connectivity index (χ2n) is 8.31. The predicted octanol–water partition coefficient (Wildman–Crippen LogP) is 3.88. The van der Waals surface area contributed by atoms with Crippen molar-refractivity contribution in [1.82, 2.24) is 24.2 Å². The van der Waals surface area contributed by atoms with Gasteiger partial charge in [-0.3, -0.25) is 4.90 Å². The first-order valence-electron chi connectivity index (χ1n) is 10.5. The summed E-state index contributed by atoms with van der Waals surface area (Å²) in [5.41, 5.74) is 2.74. The molecule has 0 radical (unpaired) electrons. The first kappa shape index (κ1) is 17.0. The van der Waals surface area contributed by atoms with Crippen molar-refractivity contribution in [3.63, 3.8) is 0 Å². The van der Waals surface area contributed by atoms with Gasteiger partial charge in [0, 0.05) is 44.2 Å². The van der Waals surface area contributed by atoms with Crippen LogP contribution in [0.1, 0.15) is 55.2 Å². The first-order valence-corrected chi connectivity index (χ1v) is 10.5. The summed E-state index contributed by atoms with van der Waals surface area (Å²) in [5, 5.41) is 10.4. The summed E-state index contributed by atoms with van der Waals surface area (Å²) in [5.74, 6) is 3.06. The van der Waals surface area contributed by atoms with Gasteiger partial charge < -0.3 is 9.13 Å². The molecule has 0 N–H and O–H groups in total. The topological polar surface area (TPSA) is 38.9 Å². The Morgan fingerprint density at radius 1 is 1.00 bits per heavy atom. The second-order valence-corrected chi connectivity index (χ2v) is 8.31. The van der Waals surface area contributed by atoms with Crippen LogP contribution in [-0.4, -0.2) is 37.3 Å². The van der Waals surface area contributed by atoms with Crippen LogP contribution in [-0.2, 0) is 26.6 Å². The average Bonchev–Trinajstić information content (AvgIpc) is 3.18. The Bertz CT molecular complexity index is 929. The fourth-order valence-electron chi connectivity index (χ4n) is 4.82. The fourth-order valence-corrected chi connectivity index (χ4v) is 4.82. The number of piperidine rings is 1. The van der Waals surface area contributed by atoms with Gasteiger partial charge in [0.2, 0.25) is 0 Å². The lowest BCUT2D eigenvalue weighted by molar-refractivity contribution is 0.200. The molecule has 0 saturated carbocycles. The largest absolute Gasteiger partial charge is 0.351 e. The molecule has 0 atom stereocenters. The van der Waals surface area contributed by atoms with E-state index in [9.17, 15) is 0 Å². The van der Waals surface area contributed by atoms with E-state index in [2.05, 4.69) is 61.7 Å². The Hall–Kier alpha value is -2.14. The molecule has 1 fully saturated rings. The number of hydrogen-bond acceptors (Lipinski definition) is 3. The molecule has 0 bridgehead atoms. The van der Waals surface area contributed by atoms with Gasteiger partial charge in [0.25, 0.3) is 0 Å². The molecule has 142 valence electrons. The highest BCUT2D eigenvalue weighted by Crippen LogP contribution is 2.29. The van der Waals surface area contributed by atoms with E-state index in [1.54, 1.807) is 0 Å². The lowest BCUT2D eigenvalue weighted by Crippen LogP contribution is -2.33. The van der Waals surface area contributed by atoms with Crippen molar-refractivity contribution >= 4 is 10.9 Å². The average molecular weight is 364 g/mol. The highest BCUT2D eigenvalue weighted by Gasteiger charge is 2.26. The number of fused-ring (bicyclic) bond motifs is 2. The Morgan fingerprint density at radius 2 is 1.89 bits per heavy atom. The maximum absolute atomic E-state index is 4.60. The molecule has 3 aromatic rings. The van der Waals surface area contributed by atoms with Gasteiger partial charge in [0.05, 0.1) is 0 Å². The van der Waals surface area contributed by atoms with Crippen LogP contribution in [0.2, 0.25) is 0 Å². The third-order valence-corrected chi connectivity index (χ3v) is 6.45. The SMILES string of the molecule is Cn1ccc2ccc(CN3CCC(c4nnc5n4CCCCC5)CC3)cc21. The molecule has 2 aliphatic rings. The van der Waals surface area contributed by atoms with Crippen LogP contribution < -0.4 is 0 Å². The normalized spacial score (nSPS) is 19.3. The van der Waals surface area contributed by atoms with Gasteiger partial charge in [0.1, 0.15) is 11.6 Å². The lowest BCUT2D eigenvalue weighted by atomic mass is 9.95. The number of aromatic nitrogens is 4. The fraction of sp³-hybridized carbons (Fsp3) is 0.545. The molecule has 0 aliphatic carbocycles. The van der Waals surface area contributed by atoms with Crippen molar-refractivity contribution in [3.05, 3.63) is 47.7 Å². The minimum absolute atomic E-state index is 0.580. The number of aryl methyl sites for hydroxylation is 2. The summed E-state index contributed by atoms with van der Waals surface area (Å²) in [6.07, 6.45) is 9.51. The van der Waals surface area contributed by atoms with Crippen LogP contribution in [0.15, 0.2) is 30.5 Å². The first-order chi connectivity index (χ1) is 13.3. The molecule has 1 aromatic carbocycles. The lowest BCUT2D eigenvalue weighted by Gasteiger charge is -2.31.